The van der Waals surface area contributed by atoms with Crippen molar-refractivity contribution < 1.29 is 22.8 Å². The number of nitrogens with one attached hydrogen (secondary N) is 3. The topological polar surface area (TPSA) is 86.9 Å². The highest BCUT2D eigenvalue weighted by Crippen LogP contribution is 2.25. The minimum Gasteiger partial charge on any atom is -0.361 e. The van der Waals surface area contributed by atoms with E-state index in [1.165, 1.54) is 24.5 Å². The number of hydrogen-bond acceptors (Lipinski definition) is 3. The number of pyridine rings is 1. The Morgan fingerprint density at radius 1 is 0.868 bits per heavy atom. The van der Waals surface area contributed by atoms with Gasteiger partial charge in [-0.05, 0) is 59.2 Å². The number of fused-ring (bicyclic) bond motifs is 1. The number of amides is 2. The second-order valence-corrected chi connectivity index (χ2v) is 8.67. The summed E-state index contributed by atoms with van der Waals surface area (Å²) in [5, 5.41) is 6.27. The first-order chi connectivity index (χ1) is 18.4. The molecule has 0 aliphatic rings. The number of carbonyl (C=O) groups is 2. The summed E-state index contributed by atoms with van der Waals surface area (Å²) in [5.74, 6) is -3.81. The molecule has 0 saturated heterocycles. The zero-order chi connectivity index (χ0) is 26.6. The molecule has 6 nitrogen and oxygen atoms in total. The predicted octanol–water partition coefficient (Wildman–Crippen LogP) is 5.63. The van der Waals surface area contributed by atoms with Crippen LogP contribution in [0.5, 0.6) is 0 Å². The average molecular weight is 515 g/mol. The Morgan fingerprint density at radius 3 is 2.34 bits per heavy atom. The molecule has 0 aliphatic heterocycles. The maximum atomic E-state index is 15.0. The van der Waals surface area contributed by atoms with Gasteiger partial charge in [0.15, 0.2) is 0 Å². The Bertz CT molecular complexity index is 1620. The molecule has 3 N–H and O–H groups in total. The largest absolute Gasteiger partial charge is 0.361 e. The summed E-state index contributed by atoms with van der Waals surface area (Å²) < 4.78 is 42.2. The SMILES string of the molecule is O=C(N[C@@H](Cc1c[nH]c2ccccc12)C(=O)Nc1ccncc1)c1ccc(-c2cc(F)cc(F)c2)cc1F. The zero-order valence-corrected chi connectivity index (χ0v) is 19.8. The van der Waals surface area contributed by atoms with Crippen molar-refractivity contribution in [3.8, 4) is 11.1 Å². The van der Waals surface area contributed by atoms with Crippen molar-refractivity contribution in [2.45, 2.75) is 12.5 Å². The molecule has 0 aliphatic carbocycles. The molecule has 0 fully saturated rings. The average Bonchev–Trinajstić information content (AvgIpc) is 3.31. The molecule has 5 aromatic rings. The number of nitrogens with zero attached hydrogens (tertiary/aromatic N) is 1. The van der Waals surface area contributed by atoms with Gasteiger partial charge in [-0.2, -0.15) is 0 Å². The monoisotopic (exact) mass is 514 g/mol. The van der Waals surface area contributed by atoms with Crippen LogP contribution in [0.3, 0.4) is 0 Å². The van der Waals surface area contributed by atoms with Gasteiger partial charge in [0.1, 0.15) is 23.5 Å². The van der Waals surface area contributed by atoms with Crippen LogP contribution in [-0.4, -0.2) is 27.8 Å². The van der Waals surface area contributed by atoms with Crippen molar-refractivity contribution in [3.63, 3.8) is 0 Å². The number of rotatable bonds is 7. The zero-order valence-electron chi connectivity index (χ0n) is 19.8. The molecule has 9 heteroatoms. The van der Waals surface area contributed by atoms with Crippen LogP contribution in [-0.2, 0) is 11.2 Å². The van der Waals surface area contributed by atoms with Crippen molar-refractivity contribution in [2.75, 3.05) is 5.32 Å². The number of carbonyl (C=O) groups excluding carboxylic acids is 2. The Labute approximate surface area is 215 Å². The maximum absolute atomic E-state index is 15.0. The molecule has 190 valence electrons. The molecule has 1 atom stereocenters. The molecule has 3 aromatic carbocycles. The summed E-state index contributed by atoms with van der Waals surface area (Å²) >= 11 is 0. The van der Waals surface area contributed by atoms with Gasteiger partial charge in [-0.25, -0.2) is 13.2 Å². The number of halogens is 3. The summed E-state index contributed by atoms with van der Waals surface area (Å²) in [7, 11) is 0. The molecule has 0 saturated carbocycles. The third-order valence-corrected chi connectivity index (χ3v) is 6.08. The van der Waals surface area contributed by atoms with Crippen LogP contribution in [0, 0.1) is 17.5 Å². The van der Waals surface area contributed by atoms with Crippen LogP contribution < -0.4 is 10.6 Å². The van der Waals surface area contributed by atoms with E-state index in [-0.39, 0.29) is 23.1 Å². The number of anilines is 1. The third-order valence-electron chi connectivity index (χ3n) is 6.08. The Kier molecular flexibility index (Phi) is 6.90. The van der Waals surface area contributed by atoms with Gasteiger partial charge in [0.25, 0.3) is 5.91 Å². The standard InChI is InChI=1S/C29H21F3N4O2/c30-20-11-18(12-21(31)15-20)17-5-6-24(25(32)13-17)28(37)36-27(29(38)35-22-7-9-33-10-8-22)14-19-16-34-26-4-2-1-3-23(19)26/h1-13,15-16,27,34H,14H2,(H,36,37)(H,33,35,38)/t27-/m0/s1. The van der Waals surface area contributed by atoms with E-state index in [9.17, 15) is 18.4 Å². The number of aromatic amines is 1. The number of benzene rings is 3. The molecule has 0 unspecified atom stereocenters. The van der Waals surface area contributed by atoms with Gasteiger partial charge in [-0.1, -0.05) is 24.3 Å². The lowest BCUT2D eigenvalue weighted by molar-refractivity contribution is -0.118. The Hall–Kier alpha value is -4.92. The normalized spacial score (nSPS) is 11.8. The van der Waals surface area contributed by atoms with Crippen molar-refractivity contribution in [2.24, 2.45) is 0 Å². The van der Waals surface area contributed by atoms with Crippen molar-refractivity contribution >= 4 is 28.4 Å². The van der Waals surface area contributed by atoms with Gasteiger partial charge in [-0.3, -0.25) is 14.6 Å². The molecule has 0 spiro atoms. The minimum absolute atomic E-state index is 0.127. The minimum atomic E-state index is -1.05. The summed E-state index contributed by atoms with van der Waals surface area (Å²) in [6, 6.07) is 16.2. The molecular weight excluding hydrogens is 493 g/mol. The van der Waals surface area contributed by atoms with Crippen molar-refractivity contribution in [1.29, 1.82) is 0 Å². The molecule has 0 radical (unpaired) electrons. The molecule has 2 amide bonds. The lowest BCUT2D eigenvalue weighted by Gasteiger charge is -2.19. The van der Waals surface area contributed by atoms with Crippen LogP contribution in [0.15, 0.2) is 91.4 Å². The second kappa shape index (κ2) is 10.6. The van der Waals surface area contributed by atoms with Crippen LogP contribution in [0.2, 0.25) is 0 Å². The summed E-state index contributed by atoms with van der Waals surface area (Å²) in [6.07, 6.45) is 4.93. The van der Waals surface area contributed by atoms with E-state index in [4.69, 9.17) is 0 Å². The van der Waals surface area contributed by atoms with Gasteiger partial charge in [0.2, 0.25) is 5.91 Å². The van der Waals surface area contributed by atoms with Crippen LogP contribution in [0.4, 0.5) is 18.9 Å². The predicted molar refractivity (Wildman–Crippen MR) is 138 cm³/mol. The first-order valence-electron chi connectivity index (χ1n) is 11.7. The number of para-hydroxylation sites is 1. The first kappa shape index (κ1) is 24.8. The summed E-state index contributed by atoms with van der Waals surface area (Å²) in [4.78, 5) is 33.4. The van der Waals surface area contributed by atoms with E-state index in [1.807, 2.05) is 24.3 Å². The van der Waals surface area contributed by atoms with Crippen LogP contribution in [0.25, 0.3) is 22.0 Å². The second-order valence-electron chi connectivity index (χ2n) is 8.67. The molecule has 2 aromatic heterocycles. The molecular formula is C29H21F3N4O2. The van der Waals surface area contributed by atoms with Gasteiger partial charge >= 0.3 is 0 Å². The highest BCUT2D eigenvalue weighted by atomic mass is 19.1. The first-order valence-corrected chi connectivity index (χ1v) is 11.7. The van der Waals surface area contributed by atoms with E-state index < -0.39 is 35.3 Å². The van der Waals surface area contributed by atoms with Crippen molar-refractivity contribution in [3.05, 3.63) is 120 Å². The van der Waals surface area contributed by atoms with Gasteiger partial charge in [0.05, 0.1) is 5.56 Å². The fourth-order valence-electron chi connectivity index (χ4n) is 4.23. The van der Waals surface area contributed by atoms with Crippen LogP contribution in [0.1, 0.15) is 15.9 Å². The van der Waals surface area contributed by atoms with E-state index >= 15 is 4.39 Å². The Morgan fingerprint density at radius 2 is 1.61 bits per heavy atom. The van der Waals surface area contributed by atoms with E-state index in [0.717, 1.165) is 34.7 Å². The van der Waals surface area contributed by atoms with Gasteiger partial charge in [-0.15, -0.1) is 0 Å². The highest BCUT2D eigenvalue weighted by molar-refractivity contribution is 6.02. The van der Waals surface area contributed by atoms with Gasteiger partial charge in [0, 0.05) is 47.7 Å². The fourth-order valence-corrected chi connectivity index (χ4v) is 4.23. The molecule has 38 heavy (non-hydrogen) atoms. The fraction of sp³-hybridized carbons (Fsp3) is 0.0690. The quantitative estimate of drug-likeness (QED) is 0.263. The third kappa shape index (κ3) is 5.41. The maximum Gasteiger partial charge on any atom is 0.254 e. The van der Waals surface area contributed by atoms with Gasteiger partial charge < -0.3 is 15.6 Å². The summed E-state index contributed by atoms with van der Waals surface area (Å²) in [6.45, 7) is 0. The van der Waals surface area contributed by atoms with E-state index in [2.05, 4.69) is 20.6 Å². The molecule has 5 rings (SSSR count). The highest BCUT2D eigenvalue weighted by Gasteiger charge is 2.25. The number of aromatic nitrogens is 2. The smallest absolute Gasteiger partial charge is 0.254 e. The van der Waals surface area contributed by atoms with E-state index in [0.29, 0.717) is 11.8 Å². The van der Waals surface area contributed by atoms with Crippen LogP contribution >= 0.6 is 0 Å². The van der Waals surface area contributed by atoms with Crippen molar-refractivity contribution in [1.82, 2.24) is 15.3 Å². The van der Waals surface area contributed by atoms with E-state index in [1.54, 1.807) is 18.3 Å². The summed E-state index contributed by atoms with van der Waals surface area (Å²) in [5.41, 5.74) is 2.16. The molecule has 2 heterocycles. The lowest BCUT2D eigenvalue weighted by atomic mass is 10.0. The number of hydrogen-bond donors (Lipinski definition) is 3. The Balaban J connectivity index is 1.41. The molecule has 0 bridgehead atoms. The lowest BCUT2D eigenvalue weighted by Crippen LogP contribution is -2.45. The number of H-pyrrole nitrogens is 1.